The van der Waals surface area contributed by atoms with E-state index < -0.39 is 13.0 Å². The summed E-state index contributed by atoms with van der Waals surface area (Å²) in [6.07, 6.45) is -0.517. The van der Waals surface area contributed by atoms with Gasteiger partial charge in [0.15, 0.2) is 5.96 Å². The smallest absolute Gasteiger partial charge is 0.255 e. The molecule has 1 saturated carbocycles. The molecule has 0 atom stereocenters. The summed E-state index contributed by atoms with van der Waals surface area (Å²) >= 11 is 0. The number of aliphatic imine (C=N–C) groups is 1. The maximum atomic E-state index is 13.3. The first kappa shape index (κ1) is 18.1. The van der Waals surface area contributed by atoms with E-state index >= 15 is 0 Å². The quantitative estimate of drug-likeness (QED) is 0.443. The van der Waals surface area contributed by atoms with Crippen LogP contribution in [0.4, 0.5) is 13.2 Å². The van der Waals surface area contributed by atoms with Crippen molar-refractivity contribution >= 4 is 29.9 Å². The average Bonchev–Trinajstić information content (AvgIpc) is 3.20. The van der Waals surface area contributed by atoms with Crippen LogP contribution < -0.4 is 10.6 Å². The predicted molar refractivity (Wildman–Crippen MR) is 88.1 cm³/mol. The molecule has 0 spiro atoms. The molecule has 2 rings (SSSR count). The number of halogens is 4. The Balaban J connectivity index is 0.00000220. The molecule has 1 aliphatic rings. The topological polar surface area (TPSA) is 36.4 Å². The van der Waals surface area contributed by atoms with Crippen LogP contribution in [0.1, 0.15) is 18.4 Å². The Morgan fingerprint density at radius 3 is 2.57 bits per heavy atom. The van der Waals surface area contributed by atoms with Gasteiger partial charge in [-0.05, 0) is 30.5 Å². The summed E-state index contributed by atoms with van der Waals surface area (Å²) in [4.78, 5) is 3.89. The molecule has 0 amide bonds. The Morgan fingerprint density at radius 1 is 1.33 bits per heavy atom. The largest absolute Gasteiger partial charge is 0.356 e. The fraction of sp³-hybridized carbons (Fsp3) is 0.500. The number of rotatable bonds is 5. The van der Waals surface area contributed by atoms with Gasteiger partial charge < -0.3 is 10.6 Å². The number of nitrogens with one attached hydrogen (secondary N) is 2. The fourth-order valence-corrected chi connectivity index (χ4v) is 2.18. The van der Waals surface area contributed by atoms with Gasteiger partial charge in [-0.3, -0.25) is 4.99 Å². The van der Waals surface area contributed by atoms with Gasteiger partial charge in [0.25, 0.3) is 6.43 Å². The first-order valence-corrected chi connectivity index (χ1v) is 6.54. The molecule has 0 radical (unpaired) electrons. The van der Waals surface area contributed by atoms with Crippen molar-refractivity contribution in [1.29, 1.82) is 0 Å². The zero-order valence-corrected chi connectivity index (χ0v) is 14.0. The third kappa shape index (κ3) is 5.05. The Hall–Kier alpha value is -0.990. The summed E-state index contributed by atoms with van der Waals surface area (Å²) in [6.45, 7) is 0.117. The molecule has 0 aliphatic heterocycles. The van der Waals surface area contributed by atoms with Crippen molar-refractivity contribution < 1.29 is 13.2 Å². The number of guanidine groups is 1. The summed E-state index contributed by atoms with van der Waals surface area (Å²) in [5.41, 5.74) is 0.833. The Bertz CT molecular complexity index is 490. The highest BCUT2D eigenvalue weighted by atomic mass is 127. The second-order valence-corrected chi connectivity index (χ2v) is 4.99. The second kappa shape index (κ2) is 7.86. The number of benzene rings is 1. The van der Waals surface area contributed by atoms with Gasteiger partial charge >= 0.3 is 0 Å². The minimum Gasteiger partial charge on any atom is -0.356 e. The lowest BCUT2D eigenvalue weighted by Gasteiger charge is -2.19. The Morgan fingerprint density at radius 2 is 2.05 bits per heavy atom. The number of alkyl halides is 2. The van der Waals surface area contributed by atoms with Crippen LogP contribution in [-0.4, -0.2) is 32.5 Å². The molecular weight excluding hydrogens is 394 g/mol. The molecule has 21 heavy (non-hydrogen) atoms. The lowest BCUT2D eigenvalue weighted by atomic mass is 9.96. The van der Waals surface area contributed by atoms with Crippen molar-refractivity contribution in [2.75, 3.05) is 20.1 Å². The molecule has 0 aromatic heterocycles. The van der Waals surface area contributed by atoms with E-state index in [0.29, 0.717) is 12.5 Å². The lowest BCUT2D eigenvalue weighted by molar-refractivity contribution is 0.152. The molecule has 1 fully saturated rings. The molecule has 0 heterocycles. The molecule has 1 aromatic rings. The fourth-order valence-electron chi connectivity index (χ4n) is 2.18. The first-order chi connectivity index (χ1) is 9.55. The van der Waals surface area contributed by atoms with Crippen molar-refractivity contribution in [3.05, 3.63) is 35.6 Å². The van der Waals surface area contributed by atoms with Crippen LogP contribution in [0.2, 0.25) is 0 Å². The van der Waals surface area contributed by atoms with Gasteiger partial charge in [-0.1, -0.05) is 12.1 Å². The summed E-state index contributed by atoms with van der Waals surface area (Å²) < 4.78 is 37.5. The van der Waals surface area contributed by atoms with Crippen molar-refractivity contribution in [3.8, 4) is 0 Å². The van der Waals surface area contributed by atoms with Gasteiger partial charge in [-0.15, -0.1) is 24.0 Å². The normalized spacial score (nSPS) is 16.3. The van der Waals surface area contributed by atoms with Crippen LogP contribution >= 0.6 is 24.0 Å². The molecule has 1 aromatic carbocycles. The van der Waals surface area contributed by atoms with Crippen LogP contribution in [0, 0.1) is 5.82 Å². The van der Waals surface area contributed by atoms with Crippen molar-refractivity contribution in [3.63, 3.8) is 0 Å². The highest BCUT2D eigenvalue weighted by molar-refractivity contribution is 14.0. The monoisotopic (exact) mass is 413 g/mol. The lowest BCUT2D eigenvalue weighted by Crippen LogP contribution is -2.42. The summed E-state index contributed by atoms with van der Waals surface area (Å²) in [7, 11) is 1.53. The van der Waals surface area contributed by atoms with Crippen LogP contribution in [-0.2, 0) is 5.41 Å². The van der Waals surface area contributed by atoms with E-state index in [1.54, 1.807) is 6.07 Å². The van der Waals surface area contributed by atoms with Gasteiger partial charge in [-0.25, -0.2) is 13.2 Å². The number of nitrogens with zero attached hydrogens (tertiary/aromatic N) is 1. The van der Waals surface area contributed by atoms with E-state index in [4.69, 9.17) is 0 Å². The standard InChI is InChI=1S/C14H18F3N3.HI/c1-18-13(19-8-12(16)17)20-9-14(5-6-14)10-3-2-4-11(15)7-10;/h2-4,7,12H,5-6,8-9H2,1H3,(H2,18,19,20);1H. The summed E-state index contributed by atoms with van der Waals surface area (Å²) in [5.74, 6) is 0.0851. The van der Waals surface area contributed by atoms with Gasteiger partial charge in [0.05, 0.1) is 6.54 Å². The Labute approximate surface area is 139 Å². The molecule has 1 aliphatic carbocycles. The third-order valence-corrected chi connectivity index (χ3v) is 3.53. The van der Waals surface area contributed by atoms with E-state index in [1.807, 2.05) is 6.07 Å². The maximum absolute atomic E-state index is 13.3. The van der Waals surface area contributed by atoms with Crippen molar-refractivity contribution in [1.82, 2.24) is 10.6 Å². The zero-order valence-electron chi connectivity index (χ0n) is 11.7. The van der Waals surface area contributed by atoms with E-state index in [-0.39, 0.29) is 35.2 Å². The average molecular weight is 413 g/mol. The Kier molecular flexibility index (Phi) is 6.76. The van der Waals surface area contributed by atoms with Crippen LogP contribution in [0.25, 0.3) is 0 Å². The number of hydrogen-bond donors (Lipinski definition) is 2. The maximum Gasteiger partial charge on any atom is 0.255 e. The molecule has 0 bridgehead atoms. The zero-order chi connectivity index (χ0) is 14.6. The van der Waals surface area contributed by atoms with E-state index in [1.165, 1.54) is 19.2 Å². The second-order valence-electron chi connectivity index (χ2n) is 4.99. The molecule has 0 unspecified atom stereocenters. The van der Waals surface area contributed by atoms with E-state index in [2.05, 4.69) is 15.6 Å². The van der Waals surface area contributed by atoms with Gasteiger partial charge in [0.1, 0.15) is 5.82 Å². The van der Waals surface area contributed by atoms with E-state index in [0.717, 1.165) is 18.4 Å². The minimum absolute atomic E-state index is 0. The van der Waals surface area contributed by atoms with Gasteiger partial charge in [0, 0.05) is 19.0 Å². The third-order valence-electron chi connectivity index (χ3n) is 3.53. The molecule has 7 heteroatoms. The highest BCUT2D eigenvalue weighted by Crippen LogP contribution is 2.47. The van der Waals surface area contributed by atoms with Crippen LogP contribution in [0.5, 0.6) is 0 Å². The SMILES string of the molecule is CN=C(NCC(F)F)NCC1(c2cccc(F)c2)CC1.I. The number of hydrogen-bond acceptors (Lipinski definition) is 1. The van der Waals surface area contributed by atoms with Crippen molar-refractivity contribution in [2.45, 2.75) is 24.7 Å². The molecular formula is C14H19F3IN3. The first-order valence-electron chi connectivity index (χ1n) is 6.54. The summed E-state index contributed by atoms with van der Waals surface area (Å²) in [6, 6.07) is 6.53. The minimum atomic E-state index is -2.42. The van der Waals surface area contributed by atoms with Gasteiger partial charge in [-0.2, -0.15) is 0 Å². The molecule has 0 saturated heterocycles. The van der Waals surface area contributed by atoms with E-state index in [9.17, 15) is 13.2 Å². The van der Waals surface area contributed by atoms with Crippen LogP contribution in [0.3, 0.4) is 0 Å². The molecule has 118 valence electrons. The highest BCUT2D eigenvalue weighted by Gasteiger charge is 2.44. The molecule has 2 N–H and O–H groups in total. The van der Waals surface area contributed by atoms with Gasteiger partial charge in [0.2, 0.25) is 0 Å². The summed E-state index contributed by atoms with van der Waals surface area (Å²) in [5, 5.41) is 5.58. The molecule has 3 nitrogen and oxygen atoms in total. The van der Waals surface area contributed by atoms with Crippen molar-refractivity contribution in [2.24, 2.45) is 4.99 Å². The van der Waals surface area contributed by atoms with Crippen LogP contribution in [0.15, 0.2) is 29.3 Å². The predicted octanol–water partition coefficient (Wildman–Crippen LogP) is 2.91.